The van der Waals surface area contributed by atoms with Crippen LogP contribution >= 0.6 is 0 Å². The average molecular weight is 260 g/mol. The fraction of sp³-hybridized carbons (Fsp3) is 0.385. The van der Waals surface area contributed by atoms with Gasteiger partial charge in [0.2, 0.25) is 0 Å². The van der Waals surface area contributed by atoms with Crippen LogP contribution in [-0.4, -0.2) is 32.0 Å². The lowest BCUT2D eigenvalue weighted by molar-refractivity contribution is 0.00637. The molecular formula is C13H16N4O2. The Balaban J connectivity index is 2.32. The molecule has 19 heavy (non-hydrogen) atoms. The molecule has 0 bridgehead atoms. The average Bonchev–Trinajstić information content (AvgIpc) is 2.76. The highest BCUT2D eigenvalue weighted by Crippen LogP contribution is 2.21. The van der Waals surface area contributed by atoms with E-state index in [1.165, 1.54) is 0 Å². The molecule has 2 aromatic rings. The number of nitrogens with one attached hydrogen (secondary N) is 1. The number of aryl methyl sites for hydroxylation is 1. The molecule has 2 aromatic heterocycles. The molecule has 0 aliphatic carbocycles. The number of pyridine rings is 1. The molecule has 2 rings (SSSR count). The molecule has 0 aliphatic heterocycles. The monoisotopic (exact) mass is 260 g/mol. The Bertz CT molecular complexity index is 581. The highest BCUT2D eigenvalue weighted by molar-refractivity contribution is 5.94. The molecule has 0 saturated heterocycles. The van der Waals surface area contributed by atoms with Crippen LogP contribution in [0, 0.1) is 6.92 Å². The Morgan fingerprint density at radius 1 is 1.26 bits per heavy atom. The molecule has 100 valence electrons. The minimum atomic E-state index is -0.571. The predicted molar refractivity (Wildman–Crippen MR) is 69.5 cm³/mol. The molecule has 0 saturated carbocycles. The summed E-state index contributed by atoms with van der Waals surface area (Å²) in [6.45, 7) is 7.30. The Hall–Kier alpha value is -2.24. The van der Waals surface area contributed by atoms with Crippen LogP contribution in [0.3, 0.4) is 0 Å². The number of carbonyl (C=O) groups is 1. The van der Waals surface area contributed by atoms with E-state index < -0.39 is 11.6 Å². The maximum absolute atomic E-state index is 12.0. The fourth-order valence-electron chi connectivity index (χ4n) is 1.51. The van der Waals surface area contributed by atoms with Gasteiger partial charge in [-0.1, -0.05) is 0 Å². The smallest absolute Gasteiger partial charge is 0.361 e. The summed E-state index contributed by atoms with van der Waals surface area (Å²) < 4.78 is 5.29. The van der Waals surface area contributed by atoms with Crippen LogP contribution in [-0.2, 0) is 4.74 Å². The van der Waals surface area contributed by atoms with Crippen LogP contribution in [0.2, 0.25) is 0 Å². The first kappa shape index (κ1) is 13.2. The van der Waals surface area contributed by atoms with E-state index in [0.717, 1.165) is 11.3 Å². The predicted octanol–water partition coefficient (Wildman–Crippen LogP) is 2.13. The first-order valence-corrected chi connectivity index (χ1v) is 5.94. The van der Waals surface area contributed by atoms with E-state index in [1.54, 1.807) is 27.0 Å². The lowest BCUT2D eigenvalue weighted by Crippen LogP contribution is -2.24. The zero-order valence-electron chi connectivity index (χ0n) is 11.4. The third kappa shape index (κ3) is 3.15. The summed E-state index contributed by atoms with van der Waals surface area (Å²) in [5.74, 6) is -0.503. The summed E-state index contributed by atoms with van der Waals surface area (Å²) in [7, 11) is 0. The molecule has 0 atom stereocenters. The van der Waals surface area contributed by atoms with Crippen LogP contribution in [0.1, 0.15) is 37.0 Å². The minimum absolute atomic E-state index is 0.167. The number of hydrogen-bond donors (Lipinski definition) is 1. The second-order valence-electron chi connectivity index (χ2n) is 5.21. The summed E-state index contributed by atoms with van der Waals surface area (Å²) in [5.41, 5.74) is 1.66. The molecular weight excluding hydrogens is 244 g/mol. The van der Waals surface area contributed by atoms with Crippen molar-refractivity contribution in [2.24, 2.45) is 0 Å². The molecule has 2 heterocycles. The normalized spacial score (nSPS) is 11.4. The molecule has 0 aromatic carbocycles. The first-order chi connectivity index (χ1) is 8.87. The summed E-state index contributed by atoms with van der Waals surface area (Å²) in [5, 5.41) is 10.3. The van der Waals surface area contributed by atoms with Gasteiger partial charge in [0.1, 0.15) is 11.3 Å². The zero-order valence-corrected chi connectivity index (χ0v) is 11.4. The van der Waals surface area contributed by atoms with E-state index in [0.29, 0.717) is 5.69 Å². The van der Waals surface area contributed by atoms with Crippen molar-refractivity contribution in [3.63, 3.8) is 0 Å². The standard InChI is InChI=1S/C13H16N4O2/c1-8-5-6-9(7-14-8)10-11(16-17-15-10)12(18)19-13(2,3)4/h5-7H,1-4H3,(H,15,16,17). The van der Waals surface area contributed by atoms with Gasteiger partial charge in [0.05, 0.1) is 0 Å². The van der Waals surface area contributed by atoms with Gasteiger partial charge in [-0.15, -0.1) is 5.10 Å². The van der Waals surface area contributed by atoms with Crippen LogP contribution < -0.4 is 0 Å². The molecule has 1 N–H and O–H groups in total. The second kappa shape index (κ2) is 4.79. The Kier molecular flexibility index (Phi) is 3.33. The Morgan fingerprint density at radius 2 is 2.00 bits per heavy atom. The molecule has 0 aliphatic rings. The number of nitrogens with zero attached hydrogens (tertiary/aromatic N) is 3. The summed E-state index contributed by atoms with van der Waals surface area (Å²) >= 11 is 0. The molecule has 0 fully saturated rings. The van der Waals surface area contributed by atoms with E-state index in [1.807, 2.05) is 19.1 Å². The van der Waals surface area contributed by atoms with Gasteiger partial charge in [0.25, 0.3) is 0 Å². The third-order valence-electron chi connectivity index (χ3n) is 2.32. The Labute approximate surface area is 111 Å². The van der Waals surface area contributed by atoms with Crippen molar-refractivity contribution in [1.29, 1.82) is 0 Å². The number of aromatic amines is 1. The Morgan fingerprint density at radius 3 is 2.58 bits per heavy atom. The van der Waals surface area contributed by atoms with Crippen LogP contribution in [0.5, 0.6) is 0 Å². The summed E-state index contributed by atoms with van der Waals surface area (Å²) in [4.78, 5) is 16.2. The van der Waals surface area contributed by atoms with Crippen molar-refractivity contribution >= 4 is 5.97 Å². The quantitative estimate of drug-likeness (QED) is 0.836. The number of ether oxygens (including phenoxy) is 1. The number of esters is 1. The number of H-pyrrole nitrogens is 1. The van der Waals surface area contributed by atoms with Crippen molar-refractivity contribution in [3.8, 4) is 11.3 Å². The first-order valence-electron chi connectivity index (χ1n) is 5.94. The molecule has 0 unspecified atom stereocenters. The van der Waals surface area contributed by atoms with E-state index in [4.69, 9.17) is 4.74 Å². The van der Waals surface area contributed by atoms with Gasteiger partial charge in [0, 0.05) is 17.5 Å². The van der Waals surface area contributed by atoms with Crippen molar-refractivity contribution in [3.05, 3.63) is 29.7 Å². The van der Waals surface area contributed by atoms with E-state index in [2.05, 4.69) is 20.4 Å². The zero-order chi connectivity index (χ0) is 14.0. The highest BCUT2D eigenvalue weighted by Gasteiger charge is 2.24. The second-order valence-corrected chi connectivity index (χ2v) is 5.21. The molecule has 6 nitrogen and oxygen atoms in total. The maximum Gasteiger partial charge on any atom is 0.361 e. The van der Waals surface area contributed by atoms with Gasteiger partial charge in [0.15, 0.2) is 5.69 Å². The van der Waals surface area contributed by atoms with Gasteiger partial charge in [-0.25, -0.2) is 4.79 Å². The van der Waals surface area contributed by atoms with Gasteiger partial charge in [-0.05, 0) is 39.8 Å². The minimum Gasteiger partial charge on any atom is -0.455 e. The van der Waals surface area contributed by atoms with E-state index >= 15 is 0 Å². The van der Waals surface area contributed by atoms with Crippen molar-refractivity contribution in [1.82, 2.24) is 20.4 Å². The van der Waals surface area contributed by atoms with Crippen LogP contribution in [0.25, 0.3) is 11.3 Å². The van der Waals surface area contributed by atoms with Gasteiger partial charge >= 0.3 is 5.97 Å². The lowest BCUT2D eigenvalue weighted by Gasteiger charge is -2.18. The molecule has 0 amide bonds. The van der Waals surface area contributed by atoms with Gasteiger partial charge in [-0.3, -0.25) is 4.98 Å². The molecule has 0 spiro atoms. The van der Waals surface area contributed by atoms with Crippen molar-refractivity contribution < 1.29 is 9.53 Å². The number of carbonyl (C=O) groups excluding carboxylic acids is 1. The fourth-order valence-corrected chi connectivity index (χ4v) is 1.51. The van der Waals surface area contributed by atoms with Crippen molar-refractivity contribution in [2.45, 2.75) is 33.3 Å². The molecule has 6 heteroatoms. The number of aromatic nitrogens is 4. The number of rotatable bonds is 2. The SMILES string of the molecule is Cc1ccc(-c2n[nH]nc2C(=O)OC(C)(C)C)cn1. The summed E-state index contributed by atoms with van der Waals surface area (Å²) in [6, 6.07) is 3.69. The largest absolute Gasteiger partial charge is 0.455 e. The third-order valence-corrected chi connectivity index (χ3v) is 2.32. The highest BCUT2D eigenvalue weighted by atomic mass is 16.6. The summed E-state index contributed by atoms with van der Waals surface area (Å²) in [6.07, 6.45) is 1.65. The number of hydrogen-bond acceptors (Lipinski definition) is 5. The maximum atomic E-state index is 12.0. The molecule has 0 radical (unpaired) electrons. The van der Waals surface area contributed by atoms with Crippen LogP contribution in [0.4, 0.5) is 0 Å². The van der Waals surface area contributed by atoms with Gasteiger partial charge < -0.3 is 4.74 Å². The topological polar surface area (TPSA) is 80.8 Å². The van der Waals surface area contributed by atoms with Crippen LogP contribution in [0.15, 0.2) is 18.3 Å². The van der Waals surface area contributed by atoms with E-state index in [9.17, 15) is 4.79 Å². The van der Waals surface area contributed by atoms with Gasteiger partial charge in [-0.2, -0.15) is 10.3 Å². The lowest BCUT2D eigenvalue weighted by atomic mass is 10.1. The van der Waals surface area contributed by atoms with E-state index in [-0.39, 0.29) is 5.69 Å². The van der Waals surface area contributed by atoms with Crippen molar-refractivity contribution in [2.75, 3.05) is 0 Å².